The van der Waals surface area contributed by atoms with Crippen LogP contribution in [0, 0.1) is 6.92 Å². The van der Waals surface area contributed by atoms with E-state index in [-0.39, 0.29) is 5.91 Å². The molecule has 0 radical (unpaired) electrons. The smallest absolute Gasteiger partial charge is 0.228 e. The van der Waals surface area contributed by atoms with E-state index in [1.807, 2.05) is 13.0 Å². The van der Waals surface area contributed by atoms with Crippen molar-refractivity contribution in [3.05, 3.63) is 40.4 Å². The molecule has 0 bridgehead atoms. The maximum atomic E-state index is 11.3. The maximum absolute atomic E-state index is 11.3. The lowest BCUT2D eigenvalue weighted by Gasteiger charge is -2.09. The van der Waals surface area contributed by atoms with E-state index >= 15 is 0 Å². The van der Waals surface area contributed by atoms with Gasteiger partial charge < -0.3 is 15.6 Å². The Morgan fingerprint density at radius 2 is 2.32 bits per heavy atom. The van der Waals surface area contributed by atoms with E-state index in [4.69, 9.17) is 11.6 Å². The molecule has 1 amide bonds. The SMILES string of the molecule is Cc1[nH]cnc1CNc1cc2c(cc1Cl)NC(=O)C2. The number of nitrogens with one attached hydrogen (secondary N) is 3. The van der Waals surface area contributed by atoms with Gasteiger partial charge in [-0.2, -0.15) is 0 Å². The van der Waals surface area contributed by atoms with Crippen LogP contribution in [0.1, 0.15) is 17.0 Å². The number of H-pyrrole nitrogens is 1. The molecule has 3 N–H and O–H groups in total. The van der Waals surface area contributed by atoms with Gasteiger partial charge in [-0.3, -0.25) is 4.79 Å². The number of fused-ring (bicyclic) bond motifs is 1. The van der Waals surface area contributed by atoms with Crippen LogP contribution in [0.3, 0.4) is 0 Å². The molecule has 1 aromatic carbocycles. The summed E-state index contributed by atoms with van der Waals surface area (Å²) in [5.41, 5.74) is 4.57. The Morgan fingerprint density at radius 3 is 3.05 bits per heavy atom. The Balaban J connectivity index is 1.80. The average molecular weight is 277 g/mol. The molecule has 0 spiro atoms. The molecule has 0 saturated carbocycles. The quantitative estimate of drug-likeness (QED) is 0.807. The third-order valence-corrected chi connectivity index (χ3v) is 3.51. The lowest BCUT2D eigenvalue weighted by molar-refractivity contribution is -0.115. The van der Waals surface area contributed by atoms with Crippen molar-refractivity contribution in [3.63, 3.8) is 0 Å². The van der Waals surface area contributed by atoms with E-state index in [0.717, 1.165) is 28.3 Å². The van der Waals surface area contributed by atoms with Crippen LogP contribution in [0.5, 0.6) is 0 Å². The minimum atomic E-state index is 0.00589. The van der Waals surface area contributed by atoms with Crippen LogP contribution >= 0.6 is 11.6 Å². The van der Waals surface area contributed by atoms with Crippen LogP contribution < -0.4 is 10.6 Å². The number of aromatic amines is 1. The Hall–Kier alpha value is -2.01. The van der Waals surface area contributed by atoms with Gasteiger partial charge in [0.15, 0.2) is 0 Å². The molecule has 0 atom stereocenters. The Morgan fingerprint density at radius 1 is 1.47 bits per heavy atom. The van der Waals surface area contributed by atoms with Crippen molar-refractivity contribution in [2.24, 2.45) is 0 Å². The number of aromatic nitrogens is 2. The molecule has 19 heavy (non-hydrogen) atoms. The van der Waals surface area contributed by atoms with Crippen LogP contribution in [0.15, 0.2) is 18.5 Å². The Kier molecular flexibility index (Phi) is 2.91. The van der Waals surface area contributed by atoms with Gasteiger partial charge in [0.25, 0.3) is 0 Å². The van der Waals surface area contributed by atoms with Crippen molar-refractivity contribution in [1.29, 1.82) is 0 Å². The summed E-state index contributed by atoms with van der Waals surface area (Å²) in [6.45, 7) is 2.56. The number of nitrogens with zero attached hydrogens (tertiary/aromatic N) is 1. The standard InChI is InChI=1S/C13H13ClN4O/c1-7-12(17-6-16-7)5-15-11-2-8-3-13(19)18-10(8)4-9(11)14/h2,4,6,15H,3,5H2,1H3,(H,16,17)(H,18,19). The van der Waals surface area contributed by atoms with E-state index in [1.165, 1.54) is 0 Å². The van der Waals surface area contributed by atoms with E-state index in [0.29, 0.717) is 18.0 Å². The molecule has 98 valence electrons. The first-order chi connectivity index (χ1) is 9.13. The minimum absolute atomic E-state index is 0.00589. The molecule has 1 aliphatic rings. The van der Waals surface area contributed by atoms with Gasteiger partial charge in [0.05, 0.1) is 35.7 Å². The number of hydrogen-bond acceptors (Lipinski definition) is 3. The number of amides is 1. The number of hydrogen-bond donors (Lipinski definition) is 3. The molecule has 2 aromatic rings. The maximum Gasteiger partial charge on any atom is 0.228 e. The highest BCUT2D eigenvalue weighted by molar-refractivity contribution is 6.33. The van der Waals surface area contributed by atoms with Crippen LogP contribution in [-0.2, 0) is 17.8 Å². The average Bonchev–Trinajstić information content (AvgIpc) is 2.91. The highest BCUT2D eigenvalue weighted by Gasteiger charge is 2.19. The molecular formula is C13H13ClN4O. The summed E-state index contributed by atoms with van der Waals surface area (Å²) < 4.78 is 0. The summed E-state index contributed by atoms with van der Waals surface area (Å²) in [7, 11) is 0. The van der Waals surface area contributed by atoms with Gasteiger partial charge >= 0.3 is 0 Å². The second-order valence-electron chi connectivity index (χ2n) is 4.54. The fourth-order valence-corrected chi connectivity index (χ4v) is 2.36. The van der Waals surface area contributed by atoms with E-state index in [2.05, 4.69) is 20.6 Å². The number of aryl methyl sites for hydroxylation is 1. The predicted octanol–water partition coefficient (Wildman–Crippen LogP) is 2.48. The molecule has 0 saturated heterocycles. The molecule has 0 fully saturated rings. The monoisotopic (exact) mass is 276 g/mol. The zero-order chi connectivity index (χ0) is 13.4. The van der Waals surface area contributed by atoms with Gasteiger partial charge in [-0.15, -0.1) is 0 Å². The molecule has 5 nitrogen and oxygen atoms in total. The fraction of sp³-hybridized carbons (Fsp3) is 0.231. The highest BCUT2D eigenvalue weighted by atomic mass is 35.5. The lowest BCUT2D eigenvalue weighted by atomic mass is 10.1. The van der Waals surface area contributed by atoms with Crippen LogP contribution in [-0.4, -0.2) is 15.9 Å². The van der Waals surface area contributed by atoms with Crippen molar-refractivity contribution in [2.45, 2.75) is 19.9 Å². The van der Waals surface area contributed by atoms with Gasteiger partial charge in [-0.05, 0) is 24.6 Å². The first-order valence-corrected chi connectivity index (χ1v) is 6.36. The molecule has 0 aliphatic carbocycles. The zero-order valence-electron chi connectivity index (χ0n) is 10.4. The summed E-state index contributed by atoms with van der Waals surface area (Å²) in [6.07, 6.45) is 2.07. The number of imidazole rings is 1. The summed E-state index contributed by atoms with van der Waals surface area (Å²) in [5.74, 6) is 0.00589. The van der Waals surface area contributed by atoms with Crippen molar-refractivity contribution >= 4 is 28.9 Å². The van der Waals surface area contributed by atoms with Gasteiger partial charge in [-0.25, -0.2) is 4.98 Å². The number of benzene rings is 1. The molecule has 0 unspecified atom stereocenters. The Labute approximate surface area is 115 Å². The highest BCUT2D eigenvalue weighted by Crippen LogP contribution is 2.33. The predicted molar refractivity (Wildman–Crippen MR) is 74.4 cm³/mol. The number of anilines is 2. The minimum Gasteiger partial charge on any atom is -0.378 e. The van der Waals surface area contributed by atoms with Crippen LogP contribution in [0.4, 0.5) is 11.4 Å². The van der Waals surface area contributed by atoms with Crippen molar-refractivity contribution in [1.82, 2.24) is 9.97 Å². The summed E-state index contributed by atoms with van der Waals surface area (Å²) in [5, 5.41) is 6.61. The number of carbonyl (C=O) groups excluding carboxylic acids is 1. The Bertz CT molecular complexity index is 650. The summed E-state index contributed by atoms with van der Waals surface area (Å²) in [6, 6.07) is 3.69. The molecular weight excluding hydrogens is 264 g/mol. The fourth-order valence-electron chi connectivity index (χ4n) is 2.13. The topological polar surface area (TPSA) is 69.8 Å². The summed E-state index contributed by atoms with van der Waals surface area (Å²) >= 11 is 6.19. The third kappa shape index (κ3) is 2.29. The number of carbonyl (C=O) groups is 1. The molecule has 1 aromatic heterocycles. The summed E-state index contributed by atoms with van der Waals surface area (Å²) in [4.78, 5) is 18.6. The van der Waals surface area contributed by atoms with E-state index in [9.17, 15) is 4.79 Å². The first-order valence-electron chi connectivity index (χ1n) is 5.98. The van der Waals surface area contributed by atoms with Gasteiger partial charge in [0.1, 0.15) is 0 Å². The van der Waals surface area contributed by atoms with Gasteiger partial charge in [0.2, 0.25) is 5.91 Å². The first kappa shape index (κ1) is 12.0. The molecule has 1 aliphatic heterocycles. The lowest BCUT2D eigenvalue weighted by Crippen LogP contribution is -2.03. The van der Waals surface area contributed by atoms with Crippen LogP contribution in [0.25, 0.3) is 0 Å². The normalized spacial score (nSPS) is 13.3. The second-order valence-corrected chi connectivity index (χ2v) is 4.95. The van der Waals surface area contributed by atoms with Crippen LogP contribution in [0.2, 0.25) is 5.02 Å². The van der Waals surface area contributed by atoms with Gasteiger partial charge in [0, 0.05) is 11.4 Å². The molecule has 6 heteroatoms. The van der Waals surface area contributed by atoms with Crippen molar-refractivity contribution < 1.29 is 4.79 Å². The largest absolute Gasteiger partial charge is 0.378 e. The van der Waals surface area contributed by atoms with Crippen molar-refractivity contribution in [3.8, 4) is 0 Å². The number of halogens is 1. The molecule has 2 heterocycles. The molecule has 3 rings (SSSR count). The van der Waals surface area contributed by atoms with E-state index < -0.39 is 0 Å². The second kappa shape index (κ2) is 4.59. The zero-order valence-corrected chi connectivity index (χ0v) is 11.1. The van der Waals surface area contributed by atoms with E-state index in [1.54, 1.807) is 12.4 Å². The third-order valence-electron chi connectivity index (χ3n) is 3.20. The van der Waals surface area contributed by atoms with Gasteiger partial charge in [-0.1, -0.05) is 11.6 Å². The number of rotatable bonds is 3. The van der Waals surface area contributed by atoms with Crippen molar-refractivity contribution in [2.75, 3.05) is 10.6 Å².